The number of carbonyl (C=O) groups is 1. The summed E-state index contributed by atoms with van der Waals surface area (Å²) in [5, 5.41) is 7.86. The molecule has 1 unspecified atom stereocenters. The average Bonchev–Trinajstić information content (AvgIpc) is 3.15. The molecule has 1 atom stereocenters. The highest BCUT2D eigenvalue weighted by molar-refractivity contribution is 5.94. The number of rotatable bonds is 5. The van der Waals surface area contributed by atoms with Crippen molar-refractivity contribution in [2.45, 2.75) is 52.2 Å². The van der Waals surface area contributed by atoms with Gasteiger partial charge in [-0.1, -0.05) is 0 Å². The molecule has 0 saturated carbocycles. The van der Waals surface area contributed by atoms with Crippen LogP contribution in [0.15, 0.2) is 39.8 Å². The number of ether oxygens (including phenoxy) is 1. The molecular weight excluding hydrogens is 358 g/mol. The lowest BCUT2D eigenvalue weighted by Crippen LogP contribution is -2.30. The number of carbonyl (C=O) groups excluding carboxylic acids is 1. The first-order valence-electron chi connectivity index (χ1n) is 9.63. The minimum atomic E-state index is -0.716. The van der Waals surface area contributed by atoms with E-state index in [1.165, 1.54) is 0 Å². The van der Waals surface area contributed by atoms with Crippen molar-refractivity contribution >= 4 is 22.6 Å². The molecule has 3 aromatic rings. The van der Waals surface area contributed by atoms with Crippen LogP contribution >= 0.6 is 0 Å². The zero-order valence-electron chi connectivity index (χ0n) is 16.0. The Morgan fingerprint density at radius 2 is 2.11 bits per heavy atom. The second-order valence-corrected chi connectivity index (χ2v) is 7.05. The summed E-state index contributed by atoms with van der Waals surface area (Å²) in [4.78, 5) is 24.6. The van der Waals surface area contributed by atoms with Gasteiger partial charge in [0.1, 0.15) is 11.3 Å². The lowest BCUT2D eigenvalue weighted by molar-refractivity contribution is -0.122. The molecule has 1 amide bonds. The van der Waals surface area contributed by atoms with Crippen molar-refractivity contribution in [2.75, 3.05) is 5.32 Å². The molecule has 0 radical (unpaired) electrons. The molecule has 7 nitrogen and oxygen atoms in total. The Balaban J connectivity index is 1.52. The molecule has 4 rings (SSSR count). The van der Waals surface area contributed by atoms with E-state index in [0.717, 1.165) is 48.7 Å². The third-order valence-corrected chi connectivity index (χ3v) is 5.10. The van der Waals surface area contributed by atoms with Crippen molar-refractivity contribution in [2.24, 2.45) is 0 Å². The summed E-state index contributed by atoms with van der Waals surface area (Å²) in [7, 11) is 0. The summed E-state index contributed by atoms with van der Waals surface area (Å²) in [5.41, 5.74) is 2.74. The van der Waals surface area contributed by atoms with Gasteiger partial charge in [0, 0.05) is 29.8 Å². The molecule has 1 aliphatic carbocycles. The monoisotopic (exact) mass is 381 g/mol. The van der Waals surface area contributed by atoms with Crippen molar-refractivity contribution < 1.29 is 13.9 Å². The van der Waals surface area contributed by atoms with Crippen molar-refractivity contribution in [3.05, 3.63) is 52.1 Å². The number of benzene rings is 1. The number of anilines is 1. The van der Waals surface area contributed by atoms with Gasteiger partial charge in [-0.15, -0.1) is 0 Å². The van der Waals surface area contributed by atoms with Gasteiger partial charge >= 0.3 is 5.63 Å². The van der Waals surface area contributed by atoms with Gasteiger partial charge in [0.15, 0.2) is 6.10 Å². The maximum Gasteiger partial charge on any atom is 0.339 e. The van der Waals surface area contributed by atoms with Gasteiger partial charge in [-0.25, -0.2) is 4.79 Å². The standard InChI is InChI=1S/C21H23N3O4/c1-3-24-12-14(11-22-24)23-20(25)13(2)27-15-8-9-17-16-6-4-5-7-18(16)21(26)28-19(17)10-15/h8-13H,3-7H2,1-2H3,(H,23,25). The van der Waals surface area contributed by atoms with E-state index in [1.54, 1.807) is 30.1 Å². The highest BCUT2D eigenvalue weighted by Gasteiger charge is 2.20. The fourth-order valence-corrected chi connectivity index (χ4v) is 3.60. The minimum Gasteiger partial charge on any atom is -0.481 e. The molecule has 0 spiro atoms. The number of hydrogen-bond donors (Lipinski definition) is 1. The van der Waals surface area contributed by atoms with Crippen LogP contribution in [0.25, 0.3) is 11.0 Å². The van der Waals surface area contributed by atoms with Crippen LogP contribution < -0.4 is 15.7 Å². The van der Waals surface area contributed by atoms with Crippen molar-refractivity contribution in [3.63, 3.8) is 0 Å². The van der Waals surface area contributed by atoms with Gasteiger partial charge in [0.05, 0.1) is 11.9 Å². The Kier molecular flexibility index (Phi) is 4.90. The van der Waals surface area contributed by atoms with Crippen molar-refractivity contribution in [3.8, 4) is 5.75 Å². The maximum atomic E-state index is 12.4. The number of amides is 1. The summed E-state index contributed by atoms with van der Waals surface area (Å²) in [6.45, 7) is 4.38. The molecule has 2 aromatic heterocycles. The first-order valence-corrected chi connectivity index (χ1v) is 9.63. The topological polar surface area (TPSA) is 86.4 Å². The van der Waals surface area contributed by atoms with E-state index < -0.39 is 6.10 Å². The van der Waals surface area contributed by atoms with Gasteiger partial charge < -0.3 is 14.5 Å². The van der Waals surface area contributed by atoms with Crippen LogP contribution in [0.5, 0.6) is 5.75 Å². The average molecular weight is 381 g/mol. The Morgan fingerprint density at radius 1 is 1.32 bits per heavy atom. The summed E-state index contributed by atoms with van der Waals surface area (Å²) in [5.74, 6) is 0.209. The van der Waals surface area contributed by atoms with Crippen LogP contribution in [0.4, 0.5) is 5.69 Å². The first-order chi connectivity index (χ1) is 13.5. The fraction of sp³-hybridized carbons (Fsp3) is 0.381. The SMILES string of the molecule is CCn1cc(NC(=O)C(C)Oc2ccc3c4c(c(=O)oc3c2)CCCC4)cn1. The van der Waals surface area contributed by atoms with Gasteiger partial charge in [0.2, 0.25) is 0 Å². The maximum absolute atomic E-state index is 12.4. The van der Waals surface area contributed by atoms with Gasteiger partial charge in [-0.05, 0) is 57.2 Å². The lowest BCUT2D eigenvalue weighted by Gasteiger charge is -2.17. The van der Waals surface area contributed by atoms with Crippen molar-refractivity contribution in [1.82, 2.24) is 9.78 Å². The van der Waals surface area contributed by atoms with Crippen LogP contribution in [0.2, 0.25) is 0 Å². The second-order valence-electron chi connectivity index (χ2n) is 7.05. The van der Waals surface area contributed by atoms with E-state index in [1.807, 2.05) is 19.1 Å². The Morgan fingerprint density at radius 3 is 2.86 bits per heavy atom. The molecule has 146 valence electrons. The predicted molar refractivity (Wildman–Crippen MR) is 106 cm³/mol. The number of hydrogen-bond acceptors (Lipinski definition) is 5. The number of aryl methyl sites for hydroxylation is 2. The van der Waals surface area contributed by atoms with Gasteiger partial charge in [-0.2, -0.15) is 5.10 Å². The fourth-order valence-electron chi connectivity index (χ4n) is 3.60. The van der Waals surface area contributed by atoms with Gasteiger partial charge in [0.25, 0.3) is 5.91 Å². The van der Waals surface area contributed by atoms with E-state index in [0.29, 0.717) is 17.0 Å². The molecule has 0 bridgehead atoms. The molecule has 0 fully saturated rings. The minimum absolute atomic E-state index is 0.266. The number of fused-ring (bicyclic) bond motifs is 3. The Hall–Kier alpha value is -3.09. The number of aromatic nitrogens is 2. The van der Waals surface area contributed by atoms with E-state index in [4.69, 9.17) is 9.15 Å². The smallest absolute Gasteiger partial charge is 0.339 e. The quantitative estimate of drug-likeness (QED) is 0.686. The molecule has 2 heterocycles. The number of nitrogens with one attached hydrogen (secondary N) is 1. The normalized spacial score (nSPS) is 14.5. The molecule has 1 N–H and O–H groups in total. The highest BCUT2D eigenvalue weighted by atomic mass is 16.5. The third-order valence-electron chi connectivity index (χ3n) is 5.10. The van der Waals surface area contributed by atoms with Crippen LogP contribution in [0, 0.1) is 0 Å². The lowest BCUT2D eigenvalue weighted by atomic mass is 9.91. The predicted octanol–water partition coefficient (Wildman–Crippen LogP) is 3.29. The molecular formula is C21H23N3O4. The van der Waals surface area contributed by atoms with E-state index in [2.05, 4.69) is 10.4 Å². The van der Waals surface area contributed by atoms with Crippen LogP contribution in [0.3, 0.4) is 0 Å². The van der Waals surface area contributed by atoms with E-state index >= 15 is 0 Å². The van der Waals surface area contributed by atoms with E-state index in [-0.39, 0.29) is 11.5 Å². The molecule has 0 saturated heterocycles. The summed E-state index contributed by atoms with van der Waals surface area (Å²) in [6.07, 6.45) is 6.41. The molecule has 1 aromatic carbocycles. The van der Waals surface area contributed by atoms with Crippen LogP contribution in [-0.4, -0.2) is 21.8 Å². The number of nitrogens with zero attached hydrogens (tertiary/aromatic N) is 2. The largest absolute Gasteiger partial charge is 0.481 e. The summed E-state index contributed by atoms with van der Waals surface area (Å²) >= 11 is 0. The summed E-state index contributed by atoms with van der Waals surface area (Å²) < 4.78 is 13.0. The summed E-state index contributed by atoms with van der Waals surface area (Å²) in [6, 6.07) is 5.41. The zero-order valence-corrected chi connectivity index (χ0v) is 16.0. The second kappa shape index (κ2) is 7.50. The highest BCUT2D eigenvalue weighted by Crippen LogP contribution is 2.29. The Bertz CT molecular complexity index is 1080. The van der Waals surface area contributed by atoms with Crippen molar-refractivity contribution in [1.29, 1.82) is 0 Å². The molecule has 7 heteroatoms. The third kappa shape index (κ3) is 3.52. The molecule has 28 heavy (non-hydrogen) atoms. The van der Waals surface area contributed by atoms with Crippen LogP contribution in [-0.2, 0) is 24.2 Å². The zero-order chi connectivity index (χ0) is 19.7. The van der Waals surface area contributed by atoms with Crippen LogP contribution in [0.1, 0.15) is 37.8 Å². The Labute approximate surface area is 162 Å². The first kappa shape index (κ1) is 18.3. The molecule has 0 aliphatic heterocycles. The van der Waals surface area contributed by atoms with E-state index in [9.17, 15) is 9.59 Å². The van der Waals surface area contributed by atoms with Gasteiger partial charge in [-0.3, -0.25) is 9.48 Å². The molecule has 1 aliphatic rings.